The van der Waals surface area contributed by atoms with E-state index in [9.17, 15) is 9.59 Å². The minimum atomic E-state index is -0.172. The van der Waals surface area contributed by atoms with Crippen LogP contribution in [0.1, 0.15) is 67.0 Å². The molecule has 0 spiro atoms. The Morgan fingerprint density at radius 3 is 2.52 bits per heavy atom. The monoisotopic (exact) mass is 387 g/mol. The molecule has 0 aliphatic rings. The van der Waals surface area contributed by atoms with E-state index in [-0.39, 0.29) is 29.5 Å². The molecule has 5 heteroatoms. The van der Waals surface area contributed by atoms with Gasteiger partial charge in [-0.05, 0) is 25.3 Å². The van der Waals surface area contributed by atoms with Crippen LogP contribution in [0.2, 0.25) is 0 Å². The van der Waals surface area contributed by atoms with Gasteiger partial charge in [-0.2, -0.15) is 0 Å². The zero-order valence-electron chi connectivity index (χ0n) is 16.6. The second kappa shape index (κ2) is 10.5. The number of nitrogens with zero attached hydrogens (tertiary/aromatic N) is 1. The first-order valence-corrected chi connectivity index (χ1v) is 10.4. The number of carbonyl (C=O) groups is 2. The summed E-state index contributed by atoms with van der Waals surface area (Å²) in [4.78, 5) is 29.5. The van der Waals surface area contributed by atoms with Gasteiger partial charge in [0.05, 0.1) is 11.1 Å². The van der Waals surface area contributed by atoms with Crippen LogP contribution < -0.4 is 0 Å². The maximum atomic E-state index is 12.8. The Morgan fingerprint density at radius 2 is 1.89 bits per heavy atom. The Labute approximate surface area is 166 Å². The fourth-order valence-corrected chi connectivity index (χ4v) is 3.93. The predicted molar refractivity (Wildman–Crippen MR) is 109 cm³/mol. The standard InChI is InChI=1S/C22H29NO3S/c1-5-9-20(24)19-14-27-22(23-19)18(12-17-10-7-6-8-11-17)13-21(25)15(2)16(3)26-4/h6-8,10-11,14-16,18H,5,9,12-13H2,1-4H3. The van der Waals surface area contributed by atoms with Gasteiger partial charge in [-0.1, -0.05) is 44.2 Å². The second-order valence-electron chi connectivity index (χ2n) is 7.03. The smallest absolute Gasteiger partial charge is 0.182 e. The lowest BCUT2D eigenvalue weighted by Gasteiger charge is -2.20. The zero-order chi connectivity index (χ0) is 19.8. The van der Waals surface area contributed by atoms with Crippen molar-refractivity contribution in [2.45, 2.75) is 58.5 Å². The molecule has 2 aromatic rings. The molecular formula is C22H29NO3S. The van der Waals surface area contributed by atoms with Crippen LogP contribution in [0.3, 0.4) is 0 Å². The Hall–Kier alpha value is -1.85. The van der Waals surface area contributed by atoms with E-state index in [1.807, 2.05) is 44.4 Å². The molecule has 4 nitrogen and oxygen atoms in total. The number of hydrogen-bond donors (Lipinski definition) is 0. The van der Waals surface area contributed by atoms with E-state index in [4.69, 9.17) is 4.74 Å². The lowest BCUT2D eigenvalue weighted by Crippen LogP contribution is -2.26. The third-order valence-electron chi connectivity index (χ3n) is 4.99. The van der Waals surface area contributed by atoms with Crippen LogP contribution in [0.5, 0.6) is 0 Å². The molecule has 0 N–H and O–H groups in total. The average molecular weight is 388 g/mol. The fourth-order valence-electron chi connectivity index (χ4n) is 3.00. The molecule has 3 atom stereocenters. The lowest BCUT2D eigenvalue weighted by atomic mass is 9.89. The number of hydrogen-bond acceptors (Lipinski definition) is 5. The number of Topliss-reactive ketones (excluding diaryl/α,β-unsaturated/α-hetero) is 2. The normalized spacial score (nSPS) is 14.5. The molecule has 1 heterocycles. The van der Waals surface area contributed by atoms with Gasteiger partial charge in [-0.3, -0.25) is 9.59 Å². The van der Waals surface area contributed by atoms with Gasteiger partial charge < -0.3 is 4.74 Å². The van der Waals surface area contributed by atoms with Gasteiger partial charge in [0, 0.05) is 37.2 Å². The van der Waals surface area contributed by atoms with E-state index >= 15 is 0 Å². The third-order valence-corrected chi connectivity index (χ3v) is 6.00. The average Bonchev–Trinajstić information content (AvgIpc) is 3.17. The highest BCUT2D eigenvalue weighted by Crippen LogP contribution is 2.30. The second-order valence-corrected chi connectivity index (χ2v) is 7.92. The number of thiazole rings is 1. The van der Waals surface area contributed by atoms with Crippen molar-refractivity contribution in [3.05, 3.63) is 52.0 Å². The van der Waals surface area contributed by atoms with Crippen molar-refractivity contribution in [3.8, 4) is 0 Å². The Morgan fingerprint density at radius 1 is 1.19 bits per heavy atom. The highest BCUT2D eigenvalue weighted by Gasteiger charge is 2.26. The summed E-state index contributed by atoms with van der Waals surface area (Å²) in [7, 11) is 1.63. The molecule has 0 amide bonds. The third kappa shape index (κ3) is 6.08. The molecule has 0 radical (unpaired) electrons. The summed E-state index contributed by atoms with van der Waals surface area (Å²) in [5.41, 5.74) is 1.69. The summed E-state index contributed by atoms with van der Waals surface area (Å²) in [6, 6.07) is 10.1. The molecule has 0 fully saturated rings. The summed E-state index contributed by atoms with van der Waals surface area (Å²) in [6.07, 6.45) is 2.33. The number of ether oxygens (including phenoxy) is 1. The van der Waals surface area contributed by atoms with Gasteiger partial charge in [-0.25, -0.2) is 4.98 Å². The number of ketones is 2. The Kier molecular flexibility index (Phi) is 8.32. The maximum absolute atomic E-state index is 12.8. The number of methoxy groups -OCH3 is 1. The molecule has 3 unspecified atom stereocenters. The van der Waals surface area contributed by atoms with E-state index in [0.29, 0.717) is 18.5 Å². The van der Waals surface area contributed by atoms with E-state index in [1.165, 1.54) is 16.9 Å². The van der Waals surface area contributed by atoms with Crippen molar-refractivity contribution in [3.63, 3.8) is 0 Å². The minimum Gasteiger partial charge on any atom is -0.381 e. The summed E-state index contributed by atoms with van der Waals surface area (Å²) in [6.45, 7) is 5.81. The predicted octanol–water partition coefficient (Wildman–Crippen LogP) is 5.08. The van der Waals surface area contributed by atoms with Crippen LogP contribution in [0.25, 0.3) is 0 Å². The molecule has 0 aliphatic heterocycles. The summed E-state index contributed by atoms with van der Waals surface area (Å²) in [5.74, 6) is 0.0436. The van der Waals surface area contributed by atoms with Crippen molar-refractivity contribution >= 4 is 22.9 Å². The SMILES string of the molecule is CCCC(=O)c1csc(C(CC(=O)C(C)C(C)OC)Cc2ccccc2)n1. The van der Waals surface area contributed by atoms with E-state index in [1.54, 1.807) is 7.11 Å². The maximum Gasteiger partial charge on any atom is 0.182 e. The Bertz CT molecular complexity index is 741. The van der Waals surface area contributed by atoms with Gasteiger partial charge >= 0.3 is 0 Å². The molecule has 0 saturated carbocycles. The minimum absolute atomic E-state index is 0.0282. The molecule has 0 aliphatic carbocycles. The molecule has 1 aromatic heterocycles. The van der Waals surface area contributed by atoms with Crippen molar-refractivity contribution in [2.24, 2.45) is 5.92 Å². The van der Waals surface area contributed by atoms with Gasteiger partial charge in [0.2, 0.25) is 0 Å². The molecule has 0 bridgehead atoms. The molecule has 2 rings (SSSR count). The van der Waals surface area contributed by atoms with Crippen LogP contribution in [-0.2, 0) is 16.0 Å². The van der Waals surface area contributed by atoms with Crippen LogP contribution in [0.4, 0.5) is 0 Å². The summed E-state index contributed by atoms with van der Waals surface area (Å²) < 4.78 is 5.32. The largest absolute Gasteiger partial charge is 0.381 e. The summed E-state index contributed by atoms with van der Waals surface area (Å²) >= 11 is 1.48. The molecule has 1 aromatic carbocycles. The summed E-state index contributed by atoms with van der Waals surface area (Å²) in [5, 5.41) is 2.70. The van der Waals surface area contributed by atoms with Gasteiger partial charge in [0.15, 0.2) is 5.78 Å². The van der Waals surface area contributed by atoms with Gasteiger partial charge in [-0.15, -0.1) is 11.3 Å². The van der Waals surface area contributed by atoms with E-state index < -0.39 is 0 Å². The number of rotatable bonds is 11. The van der Waals surface area contributed by atoms with E-state index in [2.05, 4.69) is 17.1 Å². The molecule has 0 saturated heterocycles. The lowest BCUT2D eigenvalue weighted by molar-refractivity contribution is -0.126. The van der Waals surface area contributed by atoms with Crippen LogP contribution in [-0.4, -0.2) is 29.8 Å². The number of aromatic nitrogens is 1. The van der Waals surface area contributed by atoms with E-state index in [0.717, 1.165) is 17.8 Å². The zero-order valence-corrected chi connectivity index (χ0v) is 17.4. The topological polar surface area (TPSA) is 56.3 Å². The Balaban J connectivity index is 2.22. The molecular weight excluding hydrogens is 358 g/mol. The van der Waals surface area contributed by atoms with Crippen LogP contribution in [0.15, 0.2) is 35.7 Å². The van der Waals surface area contributed by atoms with Crippen molar-refractivity contribution in [2.75, 3.05) is 7.11 Å². The van der Waals surface area contributed by atoms with Gasteiger partial charge in [0.25, 0.3) is 0 Å². The highest BCUT2D eigenvalue weighted by molar-refractivity contribution is 7.10. The first-order valence-electron chi connectivity index (χ1n) is 9.54. The molecule has 146 valence electrons. The first-order chi connectivity index (χ1) is 13.0. The van der Waals surface area contributed by atoms with Crippen molar-refractivity contribution in [1.29, 1.82) is 0 Å². The number of carbonyl (C=O) groups excluding carboxylic acids is 2. The van der Waals surface area contributed by atoms with Crippen LogP contribution >= 0.6 is 11.3 Å². The van der Waals surface area contributed by atoms with Gasteiger partial charge in [0.1, 0.15) is 11.5 Å². The van der Waals surface area contributed by atoms with Crippen molar-refractivity contribution < 1.29 is 14.3 Å². The quantitative estimate of drug-likeness (QED) is 0.504. The fraction of sp³-hybridized carbons (Fsp3) is 0.500. The van der Waals surface area contributed by atoms with Crippen LogP contribution in [0, 0.1) is 5.92 Å². The first kappa shape index (κ1) is 21.5. The van der Waals surface area contributed by atoms with Crippen molar-refractivity contribution in [1.82, 2.24) is 4.98 Å². The highest BCUT2D eigenvalue weighted by atomic mass is 32.1. The molecule has 27 heavy (non-hydrogen) atoms. The number of benzene rings is 1.